The van der Waals surface area contributed by atoms with E-state index in [1.54, 1.807) is 7.11 Å². The highest BCUT2D eigenvalue weighted by Crippen LogP contribution is 2.85. The standard InChI is InChI=1S/C33H43NO5/c1-6-37-25-12-8-22(9-13-25)28-33-21-24-20-32(33,30(31(24,3)4)34(28)27(35)16-18-36-5)17-19-39-29(33)23-10-14-26(15-11-23)38-7-2/h8-15,24,28-30H,6-7,16-21H2,1-5H3/t24-,28-,29-,30+,32-,33+/m0/s1. The molecule has 1 spiro atoms. The summed E-state index contributed by atoms with van der Waals surface area (Å²) >= 11 is 0. The van der Waals surface area contributed by atoms with Gasteiger partial charge < -0.3 is 23.8 Å². The Hall–Kier alpha value is -2.57. The van der Waals surface area contributed by atoms with Crippen LogP contribution in [0.5, 0.6) is 11.5 Å². The van der Waals surface area contributed by atoms with Crippen molar-refractivity contribution in [2.45, 2.75) is 71.6 Å². The van der Waals surface area contributed by atoms with Crippen LogP contribution in [-0.4, -0.2) is 50.4 Å². The summed E-state index contributed by atoms with van der Waals surface area (Å²) in [6.07, 6.45) is 3.50. The fraction of sp³-hybridized carbons (Fsp3) is 0.606. The van der Waals surface area contributed by atoms with Gasteiger partial charge in [-0.25, -0.2) is 0 Å². The predicted molar refractivity (Wildman–Crippen MR) is 150 cm³/mol. The summed E-state index contributed by atoms with van der Waals surface area (Å²) in [7, 11) is 1.67. The summed E-state index contributed by atoms with van der Waals surface area (Å²) in [6.45, 7) is 11.2. The molecule has 2 bridgehead atoms. The number of ether oxygens (including phenoxy) is 4. The van der Waals surface area contributed by atoms with Gasteiger partial charge in [-0.1, -0.05) is 38.1 Å². The Labute approximate surface area is 233 Å². The Morgan fingerprint density at radius 1 is 0.949 bits per heavy atom. The number of hydrogen-bond acceptors (Lipinski definition) is 5. The van der Waals surface area contributed by atoms with E-state index in [-0.39, 0.29) is 40.3 Å². The number of methoxy groups -OCH3 is 1. The molecule has 4 fully saturated rings. The van der Waals surface area contributed by atoms with Gasteiger partial charge in [0.1, 0.15) is 11.5 Å². The lowest BCUT2D eigenvalue weighted by Gasteiger charge is -2.55. The molecule has 6 atom stereocenters. The summed E-state index contributed by atoms with van der Waals surface area (Å²) in [6, 6.07) is 17.1. The molecule has 2 aromatic rings. The molecule has 0 N–H and O–H groups in total. The second-order valence-corrected chi connectivity index (χ2v) is 12.5. The van der Waals surface area contributed by atoms with Crippen LogP contribution in [0.15, 0.2) is 48.5 Å². The lowest BCUT2D eigenvalue weighted by molar-refractivity contribution is -0.164. The van der Waals surface area contributed by atoms with Gasteiger partial charge in [0.15, 0.2) is 0 Å². The molecule has 6 heteroatoms. The monoisotopic (exact) mass is 533 g/mol. The van der Waals surface area contributed by atoms with Crippen LogP contribution >= 0.6 is 0 Å². The number of likely N-dealkylation sites (tertiary alicyclic amines) is 1. The number of benzene rings is 2. The van der Waals surface area contributed by atoms with Crippen molar-refractivity contribution in [3.63, 3.8) is 0 Å². The molecule has 0 radical (unpaired) electrons. The van der Waals surface area contributed by atoms with Gasteiger partial charge in [-0.05, 0) is 79.8 Å². The predicted octanol–water partition coefficient (Wildman–Crippen LogP) is 6.36. The maximum Gasteiger partial charge on any atom is 0.225 e. The van der Waals surface area contributed by atoms with E-state index in [2.05, 4.69) is 67.3 Å². The van der Waals surface area contributed by atoms with Gasteiger partial charge in [-0.15, -0.1) is 0 Å². The Morgan fingerprint density at radius 3 is 2.15 bits per heavy atom. The molecule has 39 heavy (non-hydrogen) atoms. The molecule has 210 valence electrons. The average Bonchev–Trinajstić information content (AvgIpc) is 3.47. The number of rotatable bonds is 9. The van der Waals surface area contributed by atoms with Crippen molar-refractivity contribution >= 4 is 5.91 Å². The second-order valence-electron chi connectivity index (χ2n) is 12.5. The van der Waals surface area contributed by atoms with E-state index in [0.29, 0.717) is 32.2 Å². The third kappa shape index (κ3) is 3.70. The lowest BCUT2D eigenvalue weighted by atomic mass is 9.51. The van der Waals surface area contributed by atoms with Crippen molar-refractivity contribution in [3.8, 4) is 11.5 Å². The van der Waals surface area contributed by atoms with E-state index in [1.165, 1.54) is 11.1 Å². The summed E-state index contributed by atoms with van der Waals surface area (Å²) in [4.78, 5) is 16.5. The molecular formula is C33H43NO5. The third-order valence-corrected chi connectivity index (χ3v) is 10.6. The third-order valence-electron chi connectivity index (χ3n) is 10.6. The van der Waals surface area contributed by atoms with E-state index in [4.69, 9.17) is 18.9 Å². The second kappa shape index (κ2) is 9.81. The molecule has 6 nitrogen and oxygen atoms in total. The van der Waals surface area contributed by atoms with Crippen LogP contribution in [0, 0.1) is 22.2 Å². The van der Waals surface area contributed by atoms with Crippen LogP contribution in [0.4, 0.5) is 0 Å². The molecule has 0 unspecified atom stereocenters. The zero-order chi connectivity index (χ0) is 27.4. The van der Waals surface area contributed by atoms with Gasteiger partial charge in [0.25, 0.3) is 0 Å². The average molecular weight is 534 g/mol. The molecule has 2 saturated carbocycles. The minimum Gasteiger partial charge on any atom is -0.494 e. The quantitative estimate of drug-likeness (QED) is 0.376. The van der Waals surface area contributed by atoms with Crippen LogP contribution in [0.25, 0.3) is 0 Å². The maximum absolute atomic E-state index is 14.2. The highest BCUT2D eigenvalue weighted by Gasteiger charge is 2.83. The van der Waals surface area contributed by atoms with E-state index in [0.717, 1.165) is 37.4 Å². The Balaban J connectivity index is 1.53. The number of hydrogen-bond donors (Lipinski definition) is 0. The van der Waals surface area contributed by atoms with Gasteiger partial charge >= 0.3 is 0 Å². The van der Waals surface area contributed by atoms with Crippen LogP contribution in [0.1, 0.15) is 76.7 Å². The Kier molecular flexibility index (Phi) is 6.70. The fourth-order valence-corrected chi connectivity index (χ4v) is 9.31. The molecule has 1 amide bonds. The minimum atomic E-state index is -0.209. The topological polar surface area (TPSA) is 57.2 Å². The molecule has 2 aromatic carbocycles. The van der Waals surface area contributed by atoms with Crippen molar-refractivity contribution in [1.29, 1.82) is 0 Å². The molecule has 0 aromatic heterocycles. The summed E-state index contributed by atoms with van der Waals surface area (Å²) in [5.41, 5.74) is 2.19. The van der Waals surface area contributed by atoms with Crippen LogP contribution in [0.2, 0.25) is 0 Å². The maximum atomic E-state index is 14.2. The van der Waals surface area contributed by atoms with Crippen LogP contribution < -0.4 is 9.47 Å². The lowest BCUT2D eigenvalue weighted by Crippen LogP contribution is -2.55. The normalized spacial score (nSPS) is 33.7. The van der Waals surface area contributed by atoms with Crippen molar-refractivity contribution in [1.82, 2.24) is 4.90 Å². The van der Waals surface area contributed by atoms with E-state index in [1.807, 2.05) is 13.8 Å². The van der Waals surface area contributed by atoms with Crippen molar-refractivity contribution in [2.75, 3.05) is 33.5 Å². The molecular weight excluding hydrogens is 490 g/mol. The summed E-state index contributed by atoms with van der Waals surface area (Å²) in [5, 5.41) is 0. The summed E-state index contributed by atoms with van der Waals surface area (Å²) < 4.78 is 23.8. The van der Waals surface area contributed by atoms with Gasteiger partial charge in [0.2, 0.25) is 5.91 Å². The van der Waals surface area contributed by atoms with E-state index >= 15 is 0 Å². The number of carbonyl (C=O) groups is 1. The molecule has 2 aliphatic carbocycles. The van der Waals surface area contributed by atoms with Gasteiger partial charge in [0, 0.05) is 30.6 Å². The Morgan fingerprint density at radius 2 is 1.56 bits per heavy atom. The van der Waals surface area contributed by atoms with Gasteiger partial charge in [-0.3, -0.25) is 4.79 Å². The molecule has 2 saturated heterocycles. The number of amides is 1. The van der Waals surface area contributed by atoms with Crippen LogP contribution in [0.3, 0.4) is 0 Å². The molecule has 4 aliphatic rings. The Bertz CT molecular complexity index is 1190. The largest absolute Gasteiger partial charge is 0.494 e. The highest BCUT2D eigenvalue weighted by atomic mass is 16.5. The van der Waals surface area contributed by atoms with Crippen molar-refractivity contribution in [2.24, 2.45) is 22.2 Å². The summed E-state index contributed by atoms with van der Waals surface area (Å²) in [5.74, 6) is 2.47. The van der Waals surface area contributed by atoms with Crippen LogP contribution in [-0.2, 0) is 14.3 Å². The zero-order valence-electron chi connectivity index (χ0n) is 24.1. The first kappa shape index (κ1) is 26.6. The number of fused-ring (bicyclic) bond motifs is 1. The number of nitrogens with zero attached hydrogens (tertiary/aromatic N) is 1. The smallest absolute Gasteiger partial charge is 0.225 e. The van der Waals surface area contributed by atoms with E-state index < -0.39 is 0 Å². The number of carbonyl (C=O) groups excluding carboxylic acids is 1. The minimum absolute atomic E-state index is 0.00859. The molecule has 2 heterocycles. The highest BCUT2D eigenvalue weighted by molar-refractivity contribution is 5.79. The first-order valence-corrected chi connectivity index (χ1v) is 14.7. The van der Waals surface area contributed by atoms with Gasteiger partial charge in [-0.2, -0.15) is 0 Å². The zero-order valence-corrected chi connectivity index (χ0v) is 24.1. The first-order chi connectivity index (χ1) is 18.8. The van der Waals surface area contributed by atoms with Crippen molar-refractivity contribution in [3.05, 3.63) is 59.7 Å². The van der Waals surface area contributed by atoms with Crippen molar-refractivity contribution < 1.29 is 23.7 Å². The first-order valence-electron chi connectivity index (χ1n) is 14.7. The fourth-order valence-electron chi connectivity index (χ4n) is 9.31. The van der Waals surface area contributed by atoms with E-state index in [9.17, 15) is 4.79 Å². The van der Waals surface area contributed by atoms with Gasteiger partial charge in [0.05, 0.1) is 38.4 Å². The molecule has 2 aliphatic heterocycles. The molecule has 6 rings (SSSR count). The SMILES string of the molecule is CCOc1ccc([C@@H]2N(C(=O)CCOC)[C@@H]3C(C)(C)[C@H]4C[C@@]35CCO[C@@H](c3ccc(OCC)cc3)[C@@]25C4)cc1.